The Hall–Kier alpha value is -1.78. The van der Waals surface area contributed by atoms with Crippen molar-refractivity contribution in [2.45, 2.75) is 27.2 Å². The van der Waals surface area contributed by atoms with Crippen LogP contribution in [0.15, 0.2) is 12.1 Å². The predicted molar refractivity (Wildman–Crippen MR) is 74.7 cm³/mol. The number of rotatable bonds is 6. The highest BCUT2D eigenvalue weighted by molar-refractivity contribution is 5.96. The lowest BCUT2D eigenvalue weighted by molar-refractivity contribution is 0.0527. The van der Waals surface area contributed by atoms with Crippen LogP contribution in [0.4, 0.5) is 15.8 Å². The molecule has 0 spiro atoms. The lowest BCUT2D eigenvalue weighted by atomic mass is 10.1. The summed E-state index contributed by atoms with van der Waals surface area (Å²) in [6, 6.07) is 2.55. The summed E-state index contributed by atoms with van der Waals surface area (Å²) in [5, 5.41) is 2.97. The van der Waals surface area contributed by atoms with Gasteiger partial charge in [-0.15, -0.1) is 0 Å². The predicted octanol–water partition coefficient (Wildman–Crippen LogP) is 3.04. The quantitative estimate of drug-likeness (QED) is 0.615. The molecular weight excluding hydrogens is 247 g/mol. The van der Waals surface area contributed by atoms with Gasteiger partial charge in [0.1, 0.15) is 5.82 Å². The zero-order chi connectivity index (χ0) is 14.4. The van der Waals surface area contributed by atoms with Crippen LogP contribution in [0.25, 0.3) is 0 Å². The van der Waals surface area contributed by atoms with E-state index in [9.17, 15) is 9.18 Å². The smallest absolute Gasteiger partial charge is 0.340 e. The minimum absolute atomic E-state index is 0.0883. The molecule has 1 aromatic carbocycles. The van der Waals surface area contributed by atoms with Crippen LogP contribution in [0.5, 0.6) is 0 Å². The molecule has 0 fully saturated rings. The molecule has 0 heterocycles. The SMILES string of the molecule is CCOC(=O)c1cc(NCCC(C)C)c(F)cc1N. The summed E-state index contributed by atoms with van der Waals surface area (Å²) >= 11 is 0. The van der Waals surface area contributed by atoms with Gasteiger partial charge in [-0.1, -0.05) is 13.8 Å². The van der Waals surface area contributed by atoms with Crippen LogP contribution in [0.1, 0.15) is 37.6 Å². The van der Waals surface area contributed by atoms with Crippen molar-refractivity contribution >= 4 is 17.3 Å². The Kier molecular flexibility index (Phi) is 5.60. The molecule has 0 saturated carbocycles. The molecule has 19 heavy (non-hydrogen) atoms. The van der Waals surface area contributed by atoms with Crippen LogP contribution in [0.3, 0.4) is 0 Å². The number of halogens is 1. The van der Waals surface area contributed by atoms with E-state index in [2.05, 4.69) is 19.2 Å². The minimum atomic E-state index is -0.535. The largest absolute Gasteiger partial charge is 0.462 e. The number of nitrogens with one attached hydrogen (secondary N) is 1. The average Bonchev–Trinajstić information content (AvgIpc) is 2.31. The Balaban J connectivity index is 2.86. The maximum Gasteiger partial charge on any atom is 0.340 e. The van der Waals surface area contributed by atoms with Crippen LogP contribution in [-0.2, 0) is 4.74 Å². The van der Waals surface area contributed by atoms with Gasteiger partial charge in [0.15, 0.2) is 0 Å². The number of anilines is 2. The van der Waals surface area contributed by atoms with Crippen molar-refractivity contribution in [3.8, 4) is 0 Å². The number of esters is 1. The van der Waals surface area contributed by atoms with Gasteiger partial charge in [0.25, 0.3) is 0 Å². The lowest BCUT2D eigenvalue weighted by Gasteiger charge is -2.12. The molecule has 0 radical (unpaired) electrons. The molecule has 0 unspecified atom stereocenters. The molecule has 1 aromatic rings. The van der Waals surface area contributed by atoms with Gasteiger partial charge >= 0.3 is 5.97 Å². The van der Waals surface area contributed by atoms with Crippen LogP contribution < -0.4 is 11.1 Å². The fraction of sp³-hybridized carbons (Fsp3) is 0.500. The van der Waals surface area contributed by atoms with Crippen LogP contribution in [-0.4, -0.2) is 19.1 Å². The standard InChI is InChI=1S/C14H21FN2O2/c1-4-19-14(18)10-7-13(11(15)8-12(10)16)17-6-5-9(2)3/h7-9,17H,4-6,16H2,1-3H3. The molecule has 1 rings (SSSR count). The average molecular weight is 268 g/mol. The maximum absolute atomic E-state index is 13.7. The molecule has 0 atom stereocenters. The van der Waals surface area contributed by atoms with E-state index >= 15 is 0 Å². The van der Waals surface area contributed by atoms with Crippen molar-refractivity contribution in [2.24, 2.45) is 5.92 Å². The maximum atomic E-state index is 13.7. The van der Waals surface area contributed by atoms with E-state index in [1.807, 2.05) is 0 Å². The molecule has 3 N–H and O–H groups in total. The molecule has 0 aliphatic carbocycles. The second kappa shape index (κ2) is 6.97. The van der Waals surface area contributed by atoms with Gasteiger partial charge < -0.3 is 15.8 Å². The topological polar surface area (TPSA) is 64.3 Å². The Morgan fingerprint density at radius 2 is 2.16 bits per heavy atom. The molecule has 106 valence electrons. The second-order valence-electron chi connectivity index (χ2n) is 4.75. The van der Waals surface area contributed by atoms with Crippen molar-refractivity contribution in [2.75, 3.05) is 24.2 Å². The van der Waals surface area contributed by atoms with Gasteiger partial charge in [-0.25, -0.2) is 9.18 Å². The van der Waals surface area contributed by atoms with Crippen molar-refractivity contribution in [1.82, 2.24) is 0 Å². The fourth-order valence-corrected chi connectivity index (χ4v) is 1.61. The third kappa shape index (κ3) is 4.43. The van der Waals surface area contributed by atoms with Gasteiger partial charge in [0, 0.05) is 12.2 Å². The number of ether oxygens (including phenoxy) is 1. The van der Waals surface area contributed by atoms with Gasteiger partial charge in [-0.3, -0.25) is 0 Å². The van der Waals surface area contributed by atoms with E-state index in [4.69, 9.17) is 10.5 Å². The molecule has 0 amide bonds. The molecular formula is C14H21FN2O2. The van der Waals surface area contributed by atoms with Gasteiger partial charge in [0.05, 0.1) is 17.9 Å². The fourth-order valence-electron chi connectivity index (χ4n) is 1.61. The van der Waals surface area contributed by atoms with E-state index < -0.39 is 11.8 Å². The number of carbonyl (C=O) groups excluding carboxylic acids is 1. The van der Waals surface area contributed by atoms with Gasteiger partial charge in [0.2, 0.25) is 0 Å². The van der Waals surface area contributed by atoms with Crippen molar-refractivity contribution in [3.05, 3.63) is 23.5 Å². The summed E-state index contributed by atoms with van der Waals surface area (Å²) in [6.07, 6.45) is 0.915. The summed E-state index contributed by atoms with van der Waals surface area (Å²) in [6.45, 7) is 6.78. The van der Waals surface area contributed by atoms with Crippen molar-refractivity contribution < 1.29 is 13.9 Å². The Morgan fingerprint density at radius 3 is 2.74 bits per heavy atom. The number of nitrogens with two attached hydrogens (primary N) is 1. The summed E-state index contributed by atoms with van der Waals surface area (Å²) in [5.41, 5.74) is 6.18. The van der Waals surface area contributed by atoms with Crippen LogP contribution >= 0.6 is 0 Å². The number of carbonyl (C=O) groups is 1. The van der Waals surface area contributed by atoms with Gasteiger partial charge in [-0.05, 0) is 31.4 Å². The summed E-state index contributed by atoms with van der Waals surface area (Å²) < 4.78 is 18.6. The lowest BCUT2D eigenvalue weighted by Crippen LogP contribution is -2.11. The van der Waals surface area contributed by atoms with Gasteiger partial charge in [-0.2, -0.15) is 0 Å². The summed E-state index contributed by atoms with van der Waals surface area (Å²) in [4.78, 5) is 11.7. The monoisotopic (exact) mass is 268 g/mol. The molecule has 0 saturated heterocycles. The molecule has 0 aromatic heterocycles. The Bertz CT molecular complexity index is 447. The third-order valence-corrected chi connectivity index (χ3v) is 2.67. The van der Waals surface area contributed by atoms with E-state index in [-0.39, 0.29) is 23.5 Å². The molecule has 4 nitrogen and oxygen atoms in total. The first-order valence-electron chi connectivity index (χ1n) is 6.45. The van der Waals surface area contributed by atoms with E-state index in [0.717, 1.165) is 12.5 Å². The molecule has 0 aliphatic rings. The Labute approximate surface area is 113 Å². The first-order valence-corrected chi connectivity index (χ1v) is 6.45. The highest BCUT2D eigenvalue weighted by atomic mass is 19.1. The number of hydrogen-bond acceptors (Lipinski definition) is 4. The molecule has 5 heteroatoms. The van der Waals surface area contributed by atoms with E-state index in [0.29, 0.717) is 12.5 Å². The zero-order valence-electron chi connectivity index (χ0n) is 11.6. The van der Waals surface area contributed by atoms with E-state index in [1.54, 1.807) is 6.92 Å². The van der Waals surface area contributed by atoms with E-state index in [1.165, 1.54) is 6.07 Å². The summed E-state index contributed by atoms with van der Waals surface area (Å²) in [7, 11) is 0. The molecule has 0 aliphatic heterocycles. The third-order valence-electron chi connectivity index (χ3n) is 2.67. The normalized spacial score (nSPS) is 10.6. The first kappa shape index (κ1) is 15.3. The number of nitrogen functional groups attached to an aromatic ring is 1. The zero-order valence-corrected chi connectivity index (χ0v) is 11.6. The second-order valence-corrected chi connectivity index (χ2v) is 4.75. The minimum Gasteiger partial charge on any atom is -0.462 e. The number of benzene rings is 1. The molecule has 0 bridgehead atoms. The highest BCUT2D eigenvalue weighted by Gasteiger charge is 2.15. The van der Waals surface area contributed by atoms with Crippen molar-refractivity contribution in [1.29, 1.82) is 0 Å². The van der Waals surface area contributed by atoms with Crippen LogP contribution in [0.2, 0.25) is 0 Å². The number of hydrogen-bond donors (Lipinski definition) is 2. The Morgan fingerprint density at radius 1 is 1.47 bits per heavy atom. The van der Waals surface area contributed by atoms with Crippen LogP contribution in [0, 0.1) is 11.7 Å². The highest BCUT2D eigenvalue weighted by Crippen LogP contribution is 2.23. The summed E-state index contributed by atoms with van der Waals surface area (Å²) in [5.74, 6) is -0.477. The first-order chi connectivity index (χ1) is 8.95. The van der Waals surface area contributed by atoms with Crippen molar-refractivity contribution in [3.63, 3.8) is 0 Å².